The van der Waals surface area contributed by atoms with Crippen LogP contribution in [0.1, 0.15) is 20.7 Å². The average Bonchev–Trinajstić information content (AvgIpc) is 2.43. The van der Waals surface area contributed by atoms with Crippen molar-refractivity contribution in [3.63, 3.8) is 0 Å². The van der Waals surface area contributed by atoms with Crippen LogP contribution in [0.3, 0.4) is 0 Å². The highest BCUT2D eigenvalue weighted by atomic mass is 79.9. The van der Waals surface area contributed by atoms with Crippen molar-refractivity contribution in [2.24, 2.45) is 0 Å². The molecule has 108 valence electrons. The number of carbonyl (C=O) groups excluding carboxylic acids is 1. The first-order chi connectivity index (χ1) is 9.90. The zero-order valence-corrected chi connectivity index (χ0v) is 14.3. The van der Waals surface area contributed by atoms with E-state index in [1.807, 2.05) is 0 Å². The standard InChI is InChI=1S/C14H8Br2ClNO3/c15-10-5-4-7(6-9(10)14(20)21)18-13(19)8-2-1-3-11(16)12(8)17/h1-6H,(H,18,19)(H,20,21). The molecule has 21 heavy (non-hydrogen) atoms. The van der Waals surface area contributed by atoms with Crippen LogP contribution < -0.4 is 5.32 Å². The summed E-state index contributed by atoms with van der Waals surface area (Å²) in [7, 11) is 0. The van der Waals surface area contributed by atoms with Gasteiger partial charge < -0.3 is 10.4 Å². The van der Waals surface area contributed by atoms with Crippen LogP contribution in [0.2, 0.25) is 5.02 Å². The summed E-state index contributed by atoms with van der Waals surface area (Å²) in [5.41, 5.74) is 0.732. The quantitative estimate of drug-likeness (QED) is 0.730. The topological polar surface area (TPSA) is 66.4 Å². The molecule has 4 nitrogen and oxygen atoms in total. The SMILES string of the molecule is O=C(O)c1cc(NC(=O)c2cccc(Br)c2Cl)ccc1Br. The first-order valence-corrected chi connectivity index (χ1v) is 7.64. The molecule has 0 aromatic heterocycles. The second kappa shape index (κ2) is 6.60. The fourth-order valence-electron chi connectivity index (χ4n) is 1.64. The van der Waals surface area contributed by atoms with E-state index in [-0.39, 0.29) is 5.56 Å². The van der Waals surface area contributed by atoms with Gasteiger partial charge in [-0.1, -0.05) is 17.7 Å². The van der Waals surface area contributed by atoms with Gasteiger partial charge in [0.05, 0.1) is 16.1 Å². The molecule has 2 aromatic carbocycles. The first-order valence-electron chi connectivity index (χ1n) is 5.68. The Morgan fingerprint density at radius 3 is 2.43 bits per heavy atom. The molecule has 0 fully saturated rings. The molecular weight excluding hydrogens is 425 g/mol. The van der Waals surface area contributed by atoms with E-state index in [4.69, 9.17) is 16.7 Å². The minimum Gasteiger partial charge on any atom is -0.478 e. The summed E-state index contributed by atoms with van der Waals surface area (Å²) in [6.45, 7) is 0. The van der Waals surface area contributed by atoms with Gasteiger partial charge in [-0.05, 0) is 62.2 Å². The molecule has 1 amide bonds. The van der Waals surface area contributed by atoms with Crippen molar-refractivity contribution in [1.82, 2.24) is 0 Å². The summed E-state index contributed by atoms with van der Waals surface area (Å²) < 4.78 is 1.05. The Morgan fingerprint density at radius 1 is 1.05 bits per heavy atom. The lowest BCUT2D eigenvalue weighted by atomic mass is 10.1. The molecule has 0 aliphatic heterocycles. The number of carboxylic acid groups (broad SMARTS) is 1. The Morgan fingerprint density at radius 2 is 1.76 bits per heavy atom. The molecule has 2 N–H and O–H groups in total. The monoisotopic (exact) mass is 431 g/mol. The van der Waals surface area contributed by atoms with Crippen LogP contribution in [0.25, 0.3) is 0 Å². The van der Waals surface area contributed by atoms with Crippen molar-refractivity contribution in [3.05, 3.63) is 61.5 Å². The van der Waals surface area contributed by atoms with E-state index in [1.165, 1.54) is 6.07 Å². The van der Waals surface area contributed by atoms with E-state index in [9.17, 15) is 9.59 Å². The van der Waals surface area contributed by atoms with Crippen molar-refractivity contribution in [1.29, 1.82) is 0 Å². The molecule has 0 bridgehead atoms. The van der Waals surface area contributed by atoms with Crippen LogP contribution >= 0.6 is 43.5 Å². The van der Waals surface area contributed by atoms with E-state index in [2.05, 4.69) is 37.2 Å². The van der Waals surface area contributed by atoms with Gasteiger partial charge in [-0.25, -0.2) is 4.79 Å². The number of amides is 1. The van der Waals surface area contributed by atoms with Gasteiger partial charge in [-0.3, -0.25) is 4.79 Å². The Hall–Kier alpha value is -1.37. The maximum Gasteiger partial charge on any atom is 0.336 e. The van der Waals surface area contributed by atoms with E-state index in [1.54, 1.807) is 30.3 Å². The molecule has 0 saturated heterocycles. The van der Waals surface area contributed by atoms with Crippen molar-refractivity contribution < 1.29 is 14.7 Å². The third-order valence-electron chi connectivity index (χ3n) is 2.65. The van der Waals surface area contributed by atoms with E-state index >= 15 is 0 Å². The minimum atomic E-state index is -1.08. The summed E-state index contributed by atoms with van der Waals surface area (Å²) in [4.78, 5) is 23.2. The molecule has 0 unspecified atom stereocenters. The van der Waals surface area contributed by atoms with Gasteiger partial charge in [0, 0.05) is 14.6 Å². The zero-order chi connectivity index (χ0) is 15.6. The number of hydrogen-bond acceptors (Lipinski definition) is 2. The predicted octanol–water partition coefficient (Wildman–Crippen LogP) is 4.82. The van der Waals surface area contributed by atoms with Gasteiger partial charge in [0.2, 0.25) is 0 Å². The number of carboxylic acids is 1. The zero-order valence-electron chi connectivity index (χ0n) is 10.4. The fourth-order valence-corrected chi connectivity index (χ4v) is 2.64. The molecule has 2 rings (SSSR count). The van der Waals surface area contributed by atoms with E-state index in [0.29, 0.717) is 25.2 Å². The number of aromatic carboxylic acids is 1. The first kappa shape index (κ1) is 16.0. The molecule has 0 heterocycles. The van der Waals surface area contributed by atoms with Gasteiger partial charge in [0.1, 0.15) is 0 Å². The molecule has 0 atom stereocenters. The Bertz CT molecular complexity index is 734. The fraction of sp³-hybridized carbons (Fsp3) is 0. The predicted molar refractivity (Wildman–Crippen MR) is 88.2 cm³/mol. The molecule has 0 spiro atoms. The van der Waals surface area contributed by atoms with Crippen molar-refractivity contribution in [2.45, 2.75) is 0 Å². The van der Waals surface area contributed by atoms with Gasteiger partial charge >= 0.3 is 5.97 Å². The van der Waals surface area contributed by atoms with Crippen molar-refractivity contribution in [3.8, 4) is 0 Å². The number of rotatable bonds is 3. The van der Waals surface area contributed by atoms with Crippen LogP contribution in [0.4, 0.5) is 5.69 Å². The molecule has 0 radical (unpaired) electrons. The largest absolute Gasteiger partial charge is 0.478 e. The number of hydrogen-bond donors (Lipinski definition) is 2. The number of carbonyl (C=O) groups is 2. The van der Waals surface area contributed by atoms with Crippen LogP contribution in [0, 0.1) is 0 Å². The highest BCUT2D eigenvalue weighted by Crippen LogP contribution is 2.27. The van der Waals surface area contributed by atoms with Crippen molar-refractivity contribution in [2.75, 3.05) is 5.32 Å². The molecule has 2 aromatic rings. The number of halogens is 3. The van der Waals surface area contributed by atoms with E-state index < -0.39 is 11.9 Å². The third-order valence-corrected chi connectivity index (χ3v) is 4.64. The number of benzene rings is 2. The molecule has 7 heteroatoms. The van der Waals surface area contributed by atoms with Crippen LogP contribution in [0.5, 0.6) is 0 Å². The van der Waals surface area contributed by atoms with Crippen LogP contribution in [-0.4, -0.2) is 17.0 Å². The maximum atomic E-state index is 12.2. The second-order valence-electron chi connectivity index (χ2n) is 4.06. The average molecular weight is 433 g/mol. The second-order valence-corrected chi connectivity index (χ2v) is 6.14. The number of anilines is 1. The minimum absolute atomic E-state index is 0.0631. The Labute approximate surface area is 142 Å². The summed E-state index contributed by atoms with van der Waals surface area (Å²) in [6, 6.07) is 9.52. The summed E-state index contributed by atoms with van der Waals surface area (Å²) in [6.07, 6.45) is 0. The van der Waals surface area contributed by atoms with Gasteiger partial charge in [0.15, 0.2) is 0 Å². The Kier molecular flexibility index (Phi) is 5.03. The lowest BCUT2D eigenvalue weighted by Crippen LogP contribution is -2.13. The maximum absolute atomic E-state index is 12.2. The third kappa shape index (κ3) is 3.64. The lowest BCUT2D eigenvalue weighted by Gasteiger charge is -2.09. The normalized spacial score (nSPS) is 10.2. The Balaban J connectivity index is 2.30. The smallest absolute Gasteiger partial charge is 0.336 e. The molecule has 0 aliphatic carbocycles. The highest BCUT2D eigenvalue weighted by Gasteiger charge is 2.14. The van der Waals surface area contributed by atoms with E-state index in [0.717, 1.165) is 0 Å². The van der Waals surface area contributed by atoms with Gasteiger partial charge in [-0.2, -0.15) is 0 Å². The van der Waals surface area contributed by atoms with Crippen LogP contribution in [0.15, 0.2) is 45.3 Å². The van der Waals surface area contributed by atoms with Gasteiger partial charge in [-0.15, -0.1) is 0 Å². The summed E-state index contributed by atoms with van der Waals surface area (Å²) in [5, 5.41) is 12.0. The van der Waals surface area contributed by atoms with Gasteiger partial charge in [0.25, 0.3) is 5.91 Å². The molecular formula is C14H8Br2ClNO3. The summed E-state index contributed by atoms with van der Waals surface area (Å²) >= 11 is 12.4. The van der Waals surface area contributed by atoms with Crippen molar-refractivity contribution >= 4 is 61.0 Å². The number of nitrogens with one attached hydrogen (secondary N) is 1. The lowest BCUT2D eigenvalue weighted by molar-refractivity contribution is 0.0695. The molecule has 0 saturated carbocycles. The summed E-state index contributed by atoms with van der Waals surface area (Å²) in [5.74, 6) is -1.50. The highest BCUT2D eigenvalue weighted by molar-refractivity contribution is 9.10. The van der Waals surface area contributed by atoms with Crippen LogP contribution in [-0.2, 0) is 0 Å². The molecule has 0 aliphatic rings.